The molecule has 0 bridgehead atoms. The molecule has 2 heterocycles. The van der Waals surface area contributed by atoms with Crippen LogP contribution in [0.3, 0.4) is 0 Å². The van der Waals surface area contributed by atoms with Crippen LogP contribution >= 0.6 is 24.0 Å². The van der Waals surface area contributed by atoms with E-state index in [9.17, 15) is 14.7 Å². The van der Waals surface area contributed by atoms with Gasteiger partial charge in [0.05, 0.1) is 13.7 Å². The van der Waals surface area contributed by atoms with Gasteiger partial charge in [0.15, 0.2) is 11.3 Å². The average Bonchev–Trinajstić information content (AvgIpc) is 2.53. The van der Waals surface area contributed by atoms with Crippen molar-refractivity contribution in [1.82, 2.24) is 8.97 Å². The molecule has 1 aromatic carbocycles. The van der Waals surface area contributed by atoms with Gasteiger partial charge in [-0.25, -0.2) is 0 Å². The van der Waals surface area contributed by atoms with Crippen molar-refractivity contribution in [1.29, 1.82) is 0 Å². The third-order valence-corrected chi connectivity index (χ3v) is 3.79. The van der Waals surface area contributed by atoms with Gasteiger partial charge < -0.3 is 18.8 Å². The monoisotopic (exact) mass is 368 g/mol. The minimum absolute atomic E-state index is 0. The number of methoxy groups -OCH3 is 1. The van der Waals surface area contributed by atoms with Crippen LogP contribution in [-0.4, -0.2) is 21.2 Å². The second-order valence-electron chi connectivity index (χ2n) is 4.97. The molecule has 3 rings (SSSR count). The van der Waals surface area contributed by atoms with Crippen LogP contribution in [-0.2, 0) is 6.54 Å². The van der Waals surface area contributed by atoms with Gasteiger partial charge in [-0.05, 0) is 18.2 Å². The third-order valence-electron chi connectivity index (χ3n) is 3.56. The number of pyridine rings is 1. The molecule has 8 heteroatoms. The van der Waals surface area contributed by atoms with Crippen LogP contribution in [0.15, 0.2) is 52.4 Å². The van der Waals surface area contributed by atoms with E-state index < -0.39 is 16.7 Å². The molecule has 0 saturated carbocycles. The fourth-order valence-corrected chi connectivity index (χ4v) is 2.61. The zero-order chi connectivity index (χ0) is 16.6. The van der Waals surface area contributed by atoms with E-state index in [-0.39, 0.29) is 24.5 Å². The number of aromatic nitrogens is 2. The van der Waals surface area contributed by atoms with E-state index in [1.807, 2.05) is 0 Å². The Morgan fingerprint density at radius 1 is 1.17 bits per heavy atom. The van der Waals surface area contributed by atoms with E-state index in [2.05, 4.69) is 0 Å². The van der Waals surface area contributed by atoms with E-state index >= 15 is 0 Å². The Balaban J connectivity index is 0.00000208. The standard InChI is InChI=1S/C16H13ClN2O4.ClH/c1-23-13-3-2-11(17)8-10(13)9-19-7-6-18-5-4-12(20)15(21)14(18)16(19)22;/h2-8,21H,9H2,1H3;1H. The van der Waals surface area contributed by atoms with E-state index in [4.69, 9.17) is 16.3 Å². The van der Waals surface area contributed by atoms with Crippen LogP contribution in [0.1, 0.15) is 5.56 Å². The number of benzene rings is 1. The summed E-state index contributed by atoms with van der Waals surface area (Å²) in [6.45, 7) is 0.196. The second kappa shape index (κ2) is 6.98. The van der Waals surface area contributed by atoms with Gasteiger partial charge in [-0.2, -0.15) is 0 Å². The van der Waals surface area contributed by atoms with Gasteiger partial charge in [0.2, 0.25) is 5.43 Å². The summed E-state index contributed by atoms with van der Waals surface area (Å²) in [4.78, 5) is 24.1. The van der Waals surface area contributed by atoms with E-state index in [0.29, 0.717) is 16.3 Å². The summed E-state index contributed by atoms with van der Waals surface area (Å²) < 4.78 is 8.05. The number of rotatable bonds is 3. The Hall–Kier alpha value is -2.44. The van der Waals surface area contributed by atoms with Crippen molar-refractivity contribution < 1.29 is 9.84 Å². The number of fused-ring (bicyclic) bond motifs is 1. The maximum atomic E-state index is 12.6. The highest BCUT2D eigenvalue weighted by molar-refractivity contribution is 6.30. The van der Waals surface area contributed by atoms with Gasteiger partial charge in [0, 0.05) is 35.2 Å². The van der Waals surface area contributed by atoms with Gasteiger partial charge >= 0.3 is 0 Å². The number of hydrogen-bond acceptors (Lipinski definition) is 4. The Morgan fingerprint density at radius 3 is 2.62 bits per heavy atom. The summed E-state index contributed by atoms with van der Waals surface area (Å²) >= 11 is 5.99. The Kier molecular flexibility index (Phi) is 5.21. The Morgan fingerprint density at radius 2 is 1.92 bits per heavy atom. The molecular weight excluding hydrogens is 355 g/mol. The topological polar surface area (TPSA) is 72.9 Å². The lowest BCUT2D eigenvalue weighted by Gasteiger charge is -2.12. The first-order valence-electron chi connectivity index (χ1n) is 6.77. The second-order valence-corrected chi connectivity index (χ2v) is 5.41. The molecular formula is C16H14Cl2N2O4. The number of hydrogen-bond donors (Lipinski definition) is 1. The minimum Gasteiger partial charge on any atom is -0.503 e. The maximum absolute atomic E-state index is 12.6. The summed E-state index contributed by atoms with van der Waals surface area (Å²) in [6, 6.07) is 6.31. The van der Waals surface area contributed by atoms with Gasteiger partial charge in [0.25, 0.3) is 5.56 Å². The summed E-state index contributed by atoms with van der Waals surface area (Å²) in [5.74, 6) is 0.0285. The van der Waals surface area contributed by atoms with Crippen LogP contribution < -0.4 is 15.7 Å². The zero-order valence-corrected chi connectivity index (χ0v) is 14.2. The van der Waals surface area contributed by atoms with E-state index in [1.54, 1.807) is 30.6 Å². The number of nitrogens with zero attached hydrogens (tertiary/aromatic N) is 2. The lowest BCUT2D eigenvalue weighted by Crippen LogP contribution is -2.24. The first kappa shape index (κ1) is 17.9. The Bertz CT molecular complexity index is 1010. The van der Waals surface area contributed by atoms with Crippen LogP contribution in [0.2, 0.25) is 5.02 Å². The molecule has 6 nitrogen and oxygen atoms in total. The SMILES string of the molecule is COc1ccc(Cl)cc1Cn1ccn2ccc(=O)c(O)c2c1=O.Cl. The van der Waals surface area contributed by atoms with Gasteiger partial charge in [0.1, 0.15) is 5.75 Å². The molecule has 0 saturated heterocycles. The highest BCUT2D eigenvalue weighted by atomic mass is 35.5. The average molecular weight is 369 g/mol. The van der Waals surface area contributed by atoms with Gasteiger partial charge in [-0.3, -0.25) is 9.59 Å². The smallest absolute Gasteiger partial charge is 0.279 e. The van der Waals surface area contributed by atoms with Crippen molar-refractivity contribution in [3.63, 3.8) is 0 Å². The molecule has 0 aliphatic heterocycles. The van der Waals surface area contributed by atoms with Crippen molar-refractivity contribution in [3.8, 4) is 11.5 Å². The molecule has 3 aromatic rings. The normalized spacial score (nSPS) is 10.4. The molecule has 0 unspecified atom stereocenters. The maximum Gasteiger partial charge on any atom is 0.279 e. The molecule has 2 aromatic heterocycles. The van der Waals surface area contributed by atoms with Crippen molar-refractivity contribution in [3.05, 3.63) is 74.0 Å². The molecule has 0 aliphatic rings. The first-order chi connectivity index (χ1) is 11.0. The highest BCUT2D eigenvalue weighted by Crippen LogP contribution is 2.23. The minimum atomic E-state index is -0.597. The fourth-order valence-electron chi connectivity index (χ4n) is 2.41. The molecule has 0 amide bonds. The summed E-state index contributed by atoms with van der Waals surface area (Å²) in [5, 5.41) is 10.4. The highest BCUT2D eigenvalue weighted by Gasteiger charge is 2.12. The van der Waals surface area contributed by atoms with E-state index in [1.165, 1.54) is 28.3 Å². The largest absolute Gasteiger partial charge is 0.503 e. The number of aromatic hydroxyl groups is 1. The quantitative estimate of drug-likeness (QED) is 0.769. The number of halogens is 2. The molecule has 24 heavy (non-hydrogen) atoms. The van der Waals surface area contributed by atoms with E-state index in [0.717, 1.165) is 0 Å². The predicted octanol–water partition coefficient (Wildman–Crippen LogP) is 2.30. The fraction of sp³-hybridized carbons (Fsp3) is 0.125. The molecule has 0 aliphatic carbocycles. The van der Waals surface area contributed by atoms with Gasteiger partial charge in [-0.1, -0.05) is 11.6 Å². The molecule has 126 valence electrons. The first-order valence-corrected chi connectivity index (χ1v) is 7.15. The van der Waals surface area contributed by atoms with Crippen molar-refractivity contribution in [2.75, 3.05) is 7.11 Å². The molecule has 0 fully saturated rings. The molecule has 0 spiro atoms. The molecule has 1 N–H and O–H groups in total. The molecule has 0 radical (unpaired) electrons. The zero-order valence-electron chi connectivity index (χ0n) is 12.6. The Labute approximate surface area is 147 Å². The van der Waals surface area contributed by atoms with Crippen molar-refractivity contribution in [2.24, 2.45) is 0 Å². The predicted molar refractivity (Wildman–Crippen MR) is 93.9 cm³/mol. The van der Waals surface area contributed by atoms with Gasteiger partial charge in [-0.15, -0.1) is 12.4 Å². The van der Waals surface area contributed by atoms with Crippen molar-refractivity contribution in [2.45, 2.75) is 6.54 Å². The molecule has 0 atom stereocenters. The summed E-state index contributed by atoms with van der Waals surface area (Å²) in [7, 11) is 1.53. The summed E-state index contributed by atoms with van der Waals surface area (Å²) in [6.07, 6.45) is 4.59. The van der Waals surface area contributed by atoms with Crippen LogP contribution in [0, 0.1) is 0 Å². The number of ether oxygens (including phenoxy) is 1. The lowest BCUT2D eigenvalue weighted by molar-refractivity contribution is 0.408. The van der Waals surface area contributed by atoms with Crippen LogP contribution in [0.25, 0.3) is 5.52 Å². The lowest BCUT2D eigenvalue weighted by atomic mass is 10.2. The summed E-state index contributed by atoms with van der Waals surface area (Å²) in [5.41, 5.74) is -0.435. The van der Waals surface area contributed by atoms with Crippen LogP contribution in [0.4, 0.5) is 0 Å². The van der Waals surface area contributed by atoms with Crippen molar-refractivity contribution >= 4 is 29.5 Å². The van der Waals surface area contributed by atoms with Crippen LogP contribution in [0.5, 0.6) is 11.5 Å². The third kappa shape index (κ3) is 3.11.